The fourth-order valence-electron chi connectivity index (χ4n) is 0.316. The minimum atomic E-state index is 0. The van der Waals surface area contributed by atoms with Crippen LogP contribution in [0.4, 0.5) is 0 Å². The summed E-state index contributed by atoms with van der Waals surface area (Å²) in [6.07, 6.45) is 4.08. The quantitative estimate of drug-likeness (QED) is 0.779. The fourth-order valence-corrected chi connectivity index (χ4v) is 0.316. The van der Waals surface area contributed by atoms with Gasteiger partial charge >= 0.3 is 23.7 Å². The van der Waals surface area contributed by atoms with Crippen LogP contribution in [-0.2, 0) is 23.7 Å². The molecule has 0 aromatic heterocycles. The first kappa shape index (κ1) is 29.4. The Morgan fingerprint density at radius 3 is 1.07 bits per heavy atom. The maximum atomic E-state index is 8.25. The van der Waals surface area contributed by atoms with Crippen molar-refractivity contribution < 1.29 is 33.9 Å². The van der Waals surface area contributed by atoms with Crippen molar-refractivity contribution in [1.29, 1.82) is 0 Å². The van der Waals surface area contributed by atoms with E-state index in [2.05, 4.69) is 13.8 Å². The molecule has 0 saturated carbocycles. The molecule has 0 aromatic carbocycles. The predicted molar refractivity (Wildman–Crippen MR) is 59.2 cm³/mol. The Morgan fingerprint density at radius 2 is 1.07 bits per heavy atom. The molecular weight excluding hydrogens is 263 g/mol. The summed E-state index contributed by atoms with van der Waals surface area (Å²) < 4.78 is 8.25. The Morgan fingerprint density at radius 1 is 0.857 bits per heavy atom. The number of unbranched alkanes of at least 4 members (excludes halogenated alkanes) is 2. The van der Waals surface area contributed by atoms with E-state index in [-0.39, 0.29) is 24.8 Å². The summed E-state index contributed by atoms with van der Waals surface area (Å²) >= 11 is 0.750. The van der Waals surface area contributed by atoms with Gasteiger partial charge in [-0.1, -0.05) is 26.7 Å². The monoisotopic (exact) mass is 284 g/mol. The summed E-state index contributed by atoms with van der Waals surface area (Å²) in [7, 11) is 0. The normalized spacial score (nSPS) is 6.21. The Labute approximate surface area is 111 Å². The predicted octanol–water partition coefficient (Wildman–Crippen LogP) is 2.28. The van der Waals surface area contributed by atoms with Crippen LogP contribution in [0.2, 0.25) is 0 Å². The molecule has 0 aliphatic carbocycles. The average Bonchev–Trinajstić information content (AvgIpc) is 2.12. The van der Waals surface area contributed by atoms with Gasteiger partial charge in [-0.15, -0.1) is 24.8 Å². The molecule has 2 N–H and O–H groups in total. The van der Waals surface area contributed by atoms with Crippen LogP contribution < -0.4 is 0 Å². The van der Waals surface area contributed by atoms with E-state index >= 15 is 0 Å². The third-order valence-electron chi connectivity index (χ3n) is 1.02. The molecule has 0 amide bonds. The number of hydrogen-bond donors (Lipinski definition) is 2. The van der Waals surface area contributed by atoms with Crippen molar-refractivity contribution >= 4 is 24.8 Å². The summed E-state index contributed by atoms with van der Waals surface area (Å²) in [4.78, 5) is 0. The number of halogens is 2. The van der Waals surface area contributed by atoms with Gasteiger partial charge in [-0.2, -0.15) is 0 Å². The van der Waals surface area contributed by atoms with Crippen LogP contribution in [0.25, 0.3) is 0 Å². The summed E-state index contributed by atoms with van der Waals surface area (Å²) in [6, 6.07) is 0. The average molecular weight is 285 g/mol. The molecule has 0 aromatic rings. The zero-order valence-corrected chi connectivity index (χ0v) is 12.1. The first-order chi connectivity index (χ1) is 5.83. The molecule has 0 heterocycles. The second kappa shape index (κ2) is 48.2. The SMILES string of the molecule is CCCCO.CCCCO.Cl.Cl.[O]=[Ti]. The van der Waals surface area contributed by atoms with Crippen molar-refractivity contribution in [2.45, 2.75) is 39.5 Å². The van der Waals surface area contributed by atoms with E-state index in [0.29, 0.717) is 13.2 Å². The van der Waals surface area contributed by atoms with Crippen LogP contribution in [0, 0.1) is 0 Å². The number of aliphatic hydroxyl groups is 2. The Hall–Kier alpha value is 1.01. The molecule has 3 nitrogen and oxygen atoms in total. The molecule has 0 spiro atoms. The summed E-state index contributed by atoms with van der Waals surface area (Å²) in [6.45, 7) is 4.79. The van der Waals surface area contributed by atoms with Gasteiger partial charge in [-0.05, 0) is 12.8 Å². The standard InChI is InChI=1S/2C4H10O.2ClH.O.Ti/c2*1-2-3-4-5;;;;/h2*5H,2-4H2,1H3;2*1H;;. The summed E-state index contributed by atoms with van der Waals surface area (Å²) in [5.74, 6) is 0. The van der Waals surface area contributed by atoms with E-state index in [9.17, 15) is 0 Å². The van der Waals surface area contributed by atoms with Crippen molar-refractivity contribution in [2.75, 3.05) is 13.2 Å². The first-order valence-corrected chi connectivity index (χ1v) is 4.89. The van der Waals surface area contributed by atoms with E-state index in [1.54, 1.807) is 0 Å². The van der Waals surface area contributed by atoms with Gasteiger partial charge in [0.05, 0.1) is 0 Å². The topological polar surface area (TPSA) is 57.5 Å². The van der Waals surface area contributed by atoms with Crippen LogP contribution in [0.5, 0.6) is 0 Å². The zero-order valence-electron chi connectivity index (χ0n) is 8.86. The van der Waals surface area contributed by atoms with Gasteiger partial charge < -0.3 is 10.2 Å². The Kier molecular flexibility index (Phi) is 101. The van der Waals surface area contributed by atoms with E-state index in [1.807, 2.05) is 0 Å². The Bertz CT molecular complexity index is 51.9. The summed E-state index contributed by atoms with van der Waals surface area (Å²) in [5.41, 5.74) is 0. The Balaban J connectivity index is -0.0000000292. The van der Waals surface area contributed by atoms with Crippen LogP contribution in [0.15, 0.2) is 0 Å². The van der Waals surface area contributed by atoms with Crippen LogP contribution in [0.3, 0.4) is 0 Å². The second-order valence-electron chi connectivity index (χ2n) is 2.15. The molecule has 0 unspecified atom stereocenters. The molecule has 0 atom stereocenters. The van der Waals surface area contributed by atoms with Gasteiger partial charge in [0.15, 0.2) is 0 Å². The number of aliphatic hydroxyl groups excluding tert-OH is 2. The van der Waals surface area contributed by atoms with Crippen molar-refractivity contribution in [3.8, 4) is 0 Å². The van der Waals surface area contributed by atoms with Gasteiger partial charge in [0.2, 0.25) is 0 Å². The van der Waals surface area contributed by atoms with Crippen LogP contribution >= 0.6 is 24.8 Å². The molecule has 0 rings (SSSR count). The van der Waals surface area contributed by atoms with Gasteiger partial charge in [0, 0.05) is 13.2 Å². The van der Waals surface area contributed by atoms with E-state index < -0.39 is 0 Å². The van der Waals surface area contributed by atoms with Crippen molar-refractivity contribution in [1.82, 2.24) is 0 Å². The van der Waals surface area contributed by atoms with Gasteiger partial charge in [-0.3, -0.25) is 0 Å². The first-order valence-electron chi connectivity index (χ1n) is 4.25. The van der Waals surface area contributed by atoms with Crippen LogP contribution in [-0.4, -0.2) is 23.4 Å². The molecule has 0 radical (unpaired) electrons. The second-order valence-corrected chi connectivity index (χ2v) is 2.15. The van der Waals surface area contributed by atoms with Gasteiger partial charge in [-0.25, -0.2) is 0 Å². The third-order valence-corrected chi connectivity index (χ3v) is 1.02. The van der Waals surface area contributed by atoms with Gasteiger partial charge in [0.25, 0.3) is 0 Å². The molecule has 14 heavy (non-hydrogen) atoms. The molecule has 0 aliphatic heterocycles. The minimum absolute atomic E-state index is 0. The molecule has 0 aliphatic rings. The molecule has 6 heteroatoms. The van der Waals surface area contributed by atoms with E-state index in [0.717, 1.165) is 46.1 Å². The maximum absolute atomic E-state index is 8.25. The van der Waals surface area contributed by atoms with Crippen molar-refractivity contribution in [2.24, 2.45) is 0 Å². The summed E-state index contributed by atoms with van der Waals surface area (Å²) in [5, 5.41) is 16.1. The zero-order chi connectivity index (χ0) is 10.2. The van der Waals surface area contributed by atoms with Crippen LogP contribution in [0.1, 0.15) is 39.5 Å². The fraction of sp³-hybridized carbons (Fsp3) is 1.00. The molecule has 0 fully saturated rings. The molecular formula is C8H22Cl2O3Ti. The number of rotatable bonds is 4. The number of hydrogen-bond acceptors (Lipinski definition) is 3. The van der Waals surface area contributed by atoms with Crippen molar-refractivity contribution in [3.63, 3.8) is 0 Å². The van der Waals surface area contributed by atoms with Gasteiger partial charge in [0.1, 0.15) is 0 Å². The molecule has 0 saturated heterocycles. The van der Waals surface area contributed by atoms with E-state index in [4.69, 9.17) is 13.5 Å². The third kappa shape index (κ3) is 74.7. The molecule has 0 bridgehead atoms. The van der Waals surface area contributed by atoms with E-state index in [1.165, 1.54) is 0 Å². The molecule has 90 valence electrons. The van der Waals surface area contributed by atoms with Crippen molar-refractivity contribution in [3.05, 3.63) is 0 Å².